The van der Waals surface area contributed by atoms with E-state index in [-0.39, 0.29) is 16.7 Å². The molecule has 31 heavy (non-hydrogen) atoms. The largest absolute Gasteiger partial charge is 0.433 e. The second kappa shape index (κ2) is 7.83. The van der Waals surface area contributed by atoms with Crippen LogP contribution in [0.2, 0.25) is 0 Å². The lowest BCUT2D eigenvalue weighted by atomic mass is 10.0. The van der Waals surface area contributed by atoms with Gasteiger partial charge >= 0.3 is 6.18 Å². The average Bonchev–Trinajstić information content (AvgIpc) is 3.19. The number of halogens is 4. The van der Waals surface area contributed by atoms with Crippen LogP contribution >= 0.6 is 0 Å². The summed E-state index contributed by atoms with van der Waals surface area (Å²) < 4.78 is 54.6. The maximum absolute atomic E-state index is 14.1. The number of rotatable bonds is 3. The van der Waals surface area contributed by atoms with Crippen LogP contribution in [-0.4, -0.2) is 20.7 Å². The van der Waals surface area contributed by atoms with E-state index < -0.39 is 29.6 Å². The van der Waals surface area contributed by atoms with Crippen LogP contribution in [0.5, 0.6) is 0 Å². The molecule has 1 N–H and O–H groups in total. The van der Waals surface area contributed by atoms with Gasteiger partial charge in [0.1, 0.15) is 11.5 Å². The number of pyridine rings is 1. The predicted octanol–water partition coefficient (Wildman–Crippen LogP) is 4.24. The minimum Gasteiger partial charge on any atom is -0.344 e. The lowest BCUT2D eigenvalue weighted by Crippen LogP contribution is -2.33. The van der Waals surface area contributed by atoms with Crippen LogP contribution in [0.15, 0.2) is 42.6 Å². The molecule has 158 valence electrons. The van der Waals surface area contributed by atoms with E-state index in [4.69, 9.17) is 5.26 Å². The van der Waals surface area contributed by atoms with Gasteiger partial charge in [0.05, 0.1) is 34.6 Å². The number of alkyl halides is 3. The van der Waals surface area contributed by atoms with E-state index in [1.165, 1.54) is 18.2 Å². The van der Waals surface area contributed by atoms with Gasteiger partial charge in [-0.3, -0.25) is 14.5 Å². The van der Waals surface area contributed by atoms with Crippen LogP contribution in [0, 0.1) is 17.1 Å². The van der Waals surface area contributed by atoms with Gasteiger partial charge in [0.2, 0.25) is 0 Å². The molecule has 0 spiro atoms. The van der Waals surface area contributed by atoms with Gasteiger partial charge in [-0.05, 0) is 49.2 Å². The number of aromatic nitrogens is 3. The lowest BCUT2D eigenvalue weighted by molar-refractivity contribution is -0.141. The van der Waals surface area contributed by atoms with E-state index in [1.807, 2.05) is 6.07 Å². The van der Waals surface area contributed by atoms with Gasteiger partial charge in [0, 0.05) is 18.3 Å². The fourth-order valence-electron chi connectivity index (χ4n) is 3.52. The first-order valence-electron chi connectivity index (χ1n) is 9.38. The number of carbonyl (C=O) groups is 1. The van der Waals surface area contributed by atoms with Crippen LogP contribution in [0.25, 0.3) is 11.3 Å². The molecule has 1 atom stereocenters. The molecule has 0 aliphatic carbocycles. The first kappa shape index (κ1) is 20.5. The van der Waals surface area contributed by atoms with Crippen molar-refractivity contribution in [3.8, 4) is 17.3 Å². The summed E-state index contributed by atoms with van der Waals surface area (Å²) >= 11 is 0. The van der Waals surface area contributed by atoms with E-state index in [1.54, 1.807) is 10.7 Å². The number of fused-ring (bicyclic) bond motifs is 1. The number of nitriles is 1. The molecule has 1 unspecified atom stereocenters. The number of aryl methyl sites for hydroxylation is 1. The van der Waals surface area contributed by atoms with Crippen molar-refractivity contribution in [2.45, 2.75) is 31.6 Å². The van der Waals surface area contributed by atoms with Crippen molar-refractivity contribution in [2.24, 2.45) is 0 Å². The number of nitrogens with zero attached hydrogens (tertiary/aromatic N) is 4. The van der Waals surface area contributed by atoms with Gasteiger partial charge in [-0.1, -0.05) is 0 Å². The highest BCUT2D eigenvalue weighted by Gasteiger charge is 2.33. The number of nitrogens with one attached hydrogen (secondary N) is 1. The predicted molar refractivity (Wildman–Crippen MR) is 101 cm³/mol. The molecule has 2 aromatic heterocycles. The molecule has 1 aromatic carbocycles. The van der Waals surface area contributed by atoms with Crippen molar-refractivity contribution >= 4 is 5.91 Å². The number of carbonyl (C=O) groups excluding carboxylic acids is 1. The number of hydrogen-bond donors (Lipinski definition) is 1. The van der Waals surface area contributed by atoms with Crippen molar-refractivity contribution in [1.82, 2.24) is 20.1 Å². The summed E-state index contributed by atoms with van der Waals surface area (Å²) in [6.45, 7) is 0.539. The van der Waals surface area contributed by atoms with E-state index in [9.17, 15) is 22.4 Å². The molecule has 1 aliphatic rings. The van der Waals surface area contributed by atoms with Gasteiger partial charge < -0.3 is 5.32 Å². The highest BCUT2D eigenvalue weighted by Crippen LogP contribution is 2.33. The molecular formula is C21H15F4N5O. The Bertz CT molecular complexity index is 1200. The normalized spacial score (nSPS) is 15.8. The Hall–Kier alpha value is -3.74. The summed E-state index contributed by atoms with van der Waals surface area (Å²) in [7, 11) is 0. The fourth-order valence-corrected chi connectivity index (χ4v) is 3.52. The smallest absolute Gasteiger partial charge is 0.344 e. The molecule has 4 rings (SSSR count). The van der Waals surface area contributed by atoms with Gasteiger partial charge in [0.15, 0.2) is 0 Å². The fraction of sp³-hybridized carbons (Fsp3) is 0.238. The quantitative estimate of drug-likeness (QED) is 0.632. The zero-order chi connectivity index (χ0) is 22.2. The van der Waals surface area contributed by atoms with Crippen molar-refractivity contribution in [3.63, 3.8) is 0 Å². The third-order valence-electron chi connectivity index (χ3n) is 5.02. The lowest BCUT2D eigenvalue weighted by Gasteiger charge is -2.24. The summed E-state index contributed by atoms with van der Waals surface area (Å²) in [6.07, 6.45) is -2.28. The highest BCUT2D eigenvalue weighted by molar-refractivity contribution is 5.95. The van der Waals surface area contributed by atoms with Crippen LogP contribution < -0.4 is 5.32 Å². The SMILES string of the molecule is N#Cc1ccc(F)c(C(=O)NC2CCCn3nc(-c4ccnc(C(F)(F)F)c4)cc32)c1. The molecule has 0 fully saturated rings. The molecule has 0 saturated heterocycles. The summed E-state index contributed by atoms with van der Waals surface area (Å²) in [5, 5.41) is 16.1. The molecule has 3 aromatic rings. The first-order valence-corrected chi connectivity index (χ1v) is 9.38. The average molecular weight is 429 g/mol. The van der Waals surface area contributed by atoms with Crippen molar-refractivity contribution in [3.05, 3.63) is 70.9 Å². The van der Waals surface area contributed by atoms with Crippen LogP contribution in [0.4, 0.5) is 17.6 Å². The molecule has 0 radical (unpaired) electrons. The molecular weight excluding hydrogens is 414 g/mol. The van der Waals surface area contributed by atoms with Crippen molar-refractivity contribution < 1.29 is 22.4 Å². The van der Waals surface area contributed by atoms with Gasteiger partial charge in [-0.2, -0.15) is 23.5 Å². The first-order chi connectivity index (χ1) is 14.8. The highest BCUT2D eigenvalue weighted by atomic mass is 19.4. The Morgan fingerprint density at radius 1 is 1.23 bits per heavy atom. The molecule has 0 saturated carbocycles. The Balaban J connectivity index is 1.62. The monoisotopic (exact) mass is 429 g/mol. The maximum Gasteiger partial charge on any atom is 0.433 e. The zero-order valence-electron chi connectivity index (χ0n) is 15.9. The summed E-state index contributed by atoms with van der Waals surface area (Å²) in [5.74, 6) is -1.43. The van der Waals surface area contributed by atoms with Gasteiger partial charge in [0.25, 0.3) is 5.91 Å². The number of amides is 1. The zero-order valence-corrected chi connectivity index (χ0v) is 15.9. The van der Waals surface area contributed by atoms with Crippen molar-refractivity contribution in [1.29, 1.82) is 5.26 Å². The summed E-state index contributed by atoms with van der Waals surface area (Å²) in [4.78, 5) is 16.0. The summed E-state index contributed by atoms with van der Waals surface area (Å²) in [6, 6.07) is 8.82. The second-order valence-electron chi connectivity index (χ2n) is 7.08. The minimum absolute atomic E-state index is 0.153. The molecule has 1 aliphatic heterocycles. The van der Waals surface area contributed by atoms with Gasteiger partial charge in [-0.25, -0.2) is 4.39 Å². The standard InChI is InChI=1S/C21H15F4N5O/c22-15-4-3-12(11-26)8-14(15)20(31)28-16-2-1-7-30-18(16)10-17(29-30)13-5-6-27-19(9-13)21(23,24)25/h3-6,8-10,16H,1-2,7H2,(H,28,31). The van der Waals surface area contributed by atoms with Crippen LogP contribution in [0.3, 0.4) is 0 Å². The van der Waals surface area contributed by atoms with Crippen molar-refractivity contribution in [2.75, 3.05) is 0 Å². The Labute approximate surface area is 174 Å². The Morgan fingerprint density at radius 3 is 2.77 bits per heavy atom. The molecule has 1 amide bonds. The third kappa shape index (κ3) is 4.12. The second-order valence-corrected chi connectivity index (χ2v) is 7.08. The van der Waals surface area contributed by atoms with E-state index in [2.05, 4.69) is 15.4 Å². The van der Waals surface area contributed by atoms with E-state index >= 15 is 0 Å². The van der Waals surface area contributed by atoms with Crippen LogP contribution in [0.1, 0.15) is 46.2 Å². The topological polar surface area (TPSA) is 83.6 Å². The van der Waals surface area contributed by atoms with E-state index in [0.29, 0.717) is 30.8 Å². The molecule has 10 heteroatoms. The molecule has 6 nitrogen and oxygen atoms in total. The minimum atomic E-state index is -4.58. The Morgan fingerprint density at radius 2 is 2.03 bits per heavy atom. The summed E-state index contributed by atoms with van der Waals surface area (Å²) in [5.41, 5.74) is 0.0646. The van der Waals surface area contributed by atoms with Gasteiger partial charge in [-0.15, -0.1) is 0 Å². The third-order valence-corrected chi connectivity index (χ3v) is 5.02. The van der Waals surface area contributed by atoms with E-state index in [0.717, 1.165) is 18.3 Å². The molecule has 3 heterocycles. The number of hydrogen-bond acceptors (Lipinski definition) is 4. The van der Waals surface area contributed by atoms with Crippen LogP contribution in [-0.2, 0) is 12.7 Å². The maximum atomic E-state index is 14.1. The Kier molecular flexibility index (Phi) is 5.19. The molecule has 0 bridgehead atoms. The number of benzene rings is 1.